The van der Waals surface area contributed by atoms with E-state index in [4.69, 9.17) is 0 Å². The van der Waals surface area contributed by atoms with Crippen LogP contribution in [-0.2, 0) is 0 Å². The lowest BCUT2D eigenvalue weighted by atomic mass is 9.86. The van der Waals surface area contributed by atoms with Gasteiger partial charge in [-0.15, -0.1) is 0 Å². The molecule has 0 unspecified atom stereocenters. The molecule has 0 bridgehead atoms. The summed E-state index contributed by atoms with van der Waals surface area (Å²) in [6.45, 7) is 8.85. The molecular weight excluding hydrogens is 364 g/mol. The van der Waals surface area contributed by atoms with Gasteiger partial charge in [0.25, 0.3) is 0 Å². The lowest BCUT2D eigenvalue weighted by molar-refractivity contribution is 1.16. The van der Waals surface area contributed by atoms with Gasteiger partial charge >= 0.3 is 0 Å². The number of alkyl halides is 2. The zero-order valence-corrected chi connectivity index (χ0v) is 14.9. The van der Waals surface area contributed by atoms with Gasteiger partial charge in [-0.1, -0.05) is 62.2 Å². The third-order valence-electron chi connectivity index (χ3n) is 3.96. The highest BCUT2D eigenvalue weighted by atomic mass is 79.9. The van der Waals surface area contributed by atoms with Crippen molar-refractivity contribution in [3.8, 4) is 11.1 Å². The van der Waals surface area contributed by atoms with E-state index in [1.807, 2.05) is 0 Å². The van der Waals surface area contributed by atoms with Crippen LogP contribution in [0.3, 0.4) is 0 Å². The second kappa shape index (κ2) is 5.80. The van der Waals surface area contributed by atoms with E-state index in [9.17, 15) is 0 Å². The van der Waals surface area contributed by atoms with Crippen molar-refractivity contribution >= 4 is 31.9 Å². The molecule has 0 aliphatic rings. The first-order valence-corrected chi connectivity index (χ1v) is 8.22. The predicted octanol–water partition coefficient (Wildman–Crippen LogP) is 6.38. The molecule has 0 spiro atoms. The Labute approximate surface area is 132 Å². The first-order valence-electron chi connectivity index (χ1n) is 6.39. The maximum atomic E-state index is 3.65. The Kier molecular flexibility index (Phi) is 4.52. The summed E-state index contributed by atoms with van der Waals surface area (Å²) in [5.74, 6) is 0. The molecule has 0 aromatic heterocycles. The highest BCUT2D eigenvalue weighted by molar-refractivity contribution is 9.24. The lowest BCUT2D eigenvalue weighted by Gasteiger charge is -2.21. The van der Waals surface area contributed by atoms with Crippen LogP contribution < -0.4 is 0 Å². The largest absolute Gasteiger partial charge is 0.0951 e. The van der Waals surface area contributed by atoms with E-state index in [0.717, 1.165) is 0 Å². The number of halogens is 2. The average Bonchev–Trinajstić information content (AvgIpc) is 2.38. The normalized spacial score (nSPS) is 11.1. The molecule has 19 heavy (non-hydrogen) atoms. The van der Waals surface area contributed by atoms with E-state index in [0.29, 0.717) is 0 Å². The SMILES string of the molecule is Cc1c(C)c(C(Br)Br)c(C)c(C)c1-c1ccccc1. The molecule has 2 aromatic carbocycles. The zero-order chi connectivity index (χ0) is 14.2. The third kappa shape index (κ3) is 2.66. The first-order chi connectivity index (χ1) is 8.95. The molecule has 100 valence electrons. The molecule has 0 fully saturated rings. The standard InChI is InChI=1S/C17H18Br2/c1-10-12(3)16(17(18)19)13(4)11(2)15(10)14-8-6-5-7-9-14/h5-9,17H,1-4H3. The van der Waals surface area contributed by atoms with Gasteiger partial charge in [0.1, 0.15) is 0 Å². The highest BCUT2D eigenvalue weighted by Crippen LogP contribution is 2.41. The maximum Gasteiger partial charge on any atom is 0.0951 e. The second-order valence-corrected chi connectivity index (χ2v) is 8.02. The highest BCUT2D eigenvalue weighted by Gasteiger charge is 2.18. The van der Waals surface area contributed by atoms with Gasteiger partial charge in [0.15, 0.2) is 0 Å². The Morgan fingerprint density at radius 1 is 0.737 bits per heavy atom. The predicted molar refractivity (Wildman–Crippen MR) is 91.4 cm³/mol. The van der Waals surface area contributed by atoms with E-state index in [1.54, 1.807) is 0 Å². The fourth-order valence-corrected chi connectivity index (χ4v) is 4.08. The van der Waals surface area contributed by atoms with Crippen molar-refractivity contribution in [1.29, 1.82) is 0 Å². The topological polar surface area (TPSA) is 0 Å². The summed E-state index contributed by atoms with van der Waals surface area (Å²) in [6.07, 6.45) is 0. The molecule has 0 heterocycles. The minimum absolute atomic E-state index is 0.210. The molecule has 2 heteroatoms. The Balaban J connectivity index is 2.79. The van der Waals surface area contributed by atoms with Gasteiger partial charge in [-0.05, 0) is 66.6 Å². The molecule has 2 rings (SSSR count). The summed E-state index contributed by atoms with van der Waals surface area (Å²) >= 11 is 7.30. The monoisotopic (exact) mass is 380 g/mol. The number of benzene rings is 2. The summed E-state index contributed by atoms with van der Waals surface area (Å²) in [5, 5.41) is 0. The van der Waals surface area contributed by atoms with Gasteiger partial charge in [-0.2, -0.15) is 0 Å². The Morgan fingerprint density at radius 2 is 1.21 bits per heavy atom. The molecule has 0 nitrogen and oxygen atoms in total. The van der Waals surface area contributed by atoms with Crippen molar-refractivity contribution < 1.29 is 0 Å². The molecule has 0 atom stereocenters. The van der Waals surface area contributed by atoms with Crippen LogP contribution in [0.4, 0.5) is 0 Å². The number of hydrogen-bond acceptors (Lipinski definition) is 0. The molecule has 0 saturated carbocycles. The van der Waals surface area contributed by atoms with Gasteiger partial charge < -0.3 is 0 Å². The van der Waals surface area contributed by atoms with Crippen molar-refractivity contribution in [3.63, 3.8) is 0 Å². The summed E-state index contributed by atoms with van der Waals surface area (Å²) in [6, 6.07) is 10.6. The fraction of sp³-hybridized carbons (Fsp3) is 0.294. The van der Waals surface area contributed by atoms with E-state index in [1.165, 1.54) is 38.9 Å². The van der Waals surface area contributed by atoms with Crippen molar-refractivity contribution in [3.05, 3.63) is 58.1 Å². The summed E-state index contributed by atoms with van der Waals surface area (Å²) in [5.41, 5.74) is 9.49. The number of hydrogen-bond donors (Lipinski definition) is 0. The minimum atomic E-state index is 0.210. The summed E-state index contributed by atoms with van der Waals surface area (Å²) in [7, 11) is 0. The van der Waals surface area contributed by atoms with Crippen LogP contribution in [0.15, 0.2) is 30.3 Å². The minimum Gasteiger partial charge on any atom is -0.0712 e. The smallest absolute Gasteiger partial charge is 0.0712 e. The fourth-order valence-electron chi connectivity index (χ4n) is 2.71. The molecule has 0 saturated heterocycles. The van der Waals surface area contributed by atoms with E-state index in [2.05, 4.69) is 89.9 Å². The molecule has 0 N–H and O–H groups in total. The van der Waals surface area contributed by atoms with E-state index < -0.39 is 0 Å². The molecule has 0 aliphatic heterocycles. The Hall–Kier alpha value is -0.600. The third-order valence-corrected chi connectivity index (χ3v) is 4.88. The second-order valence-electron chi connectivity index (χ2n) is 4.96. The average molecular weight is 382 g/mol. The van der Waals surface area contributed by atoms with Gasteiger partial charge in [0.2, 0.25) is 0 Å². The van der Waals surface area contributed by atoms with Gasteiger partial charge in [0, 0.05) is 0 Å². The zero-order valence-electron chi connectivity index (χ0n) is 11.7. The van der Waals surface area contributed by atoms with Crippen molar-refractivity contribution in [2.24, 2.45) is 0 Å². The lowest BCUT2D eigenvalue weighted by Crippen LogP contribution is -2.02. The Bertz CT molecular complexity index is 569. The van der Waals surface area contributed by atoms with Crippen LogP contribution in [0.5, 0.6) is 0 Å². The Morgan fingerprint density at radius 3 is 1.63 bits per heavy atom. The summed E-state index contributed by atoms with van der Waals surface area (Å²) in [4.78, 5) is 0. The van der Waals surface area contributed by atoms with Crippen LogP contribution >= 0.6 is 31.9 Å². The number of rotatable bonds is 2. The van der Waals surface area contributed by atoms with E-state index in [-0.39, 0.29) is 3.74 Å². The van der Waals surface area contributed by atoms with Crippen molar-refractivity contribution in [1.82, 2.24) is 0 Å². The molecule has 2 aromatic rings. The van der Waals surface area contributed by atoms with Crippen LogP contribution in [0.1, 0.15) is 31.6 Å². The van der Waals surface area contributed by atoms with Crippen LogP contribution in [0.25, 0.3) is 11.1 Å². The van der Waals surface area contributed by atoms with E-state index >= 15 is 0 Å². The van der Waals surface area contributed by atoms with Gasteiger partial charge in [-0.3, -0.25) is 0 Å². The molecule has 0 aliphatic carbocycles. The van der Waals surface area contributed by atoms with Gasteiger partial charge in [-0.25, -0.2) is 0 Å². The van der Waals surface area contributed by atoms with Crippen LogP contribution in [-0.4, -0.2) is 0 Å². The quantitative estimate of drug-likeness (QED) is 0.529. The van der Waals surface area contributed by atoms with Gasteiger partial charge in [0.05, 0.1) is 3.74 Å². The molecule has 0 radical (unpaired) electrons. The first kappa shape index (κ1) is 14.8. The summed E-state index contributed by atoms with van der Waals surface area (Å²) < 4.78 is 0.210. The van der Waals surface area contributed by atoms with Crippen LogP contribution in [0.2, 0.25) is 0 Å². The maximum absolute atomic E-state index is 3.65. The molecule has 0 amide bonds. The van der Waals surface area contributed by atoms with Crippen molar-refractivity contribution in [2.75, 3.05) is 0 Å². The molecular formula is C17H18Br2. The van der Waals surface area contributed by atoms with Crippen molar-refractivity contribution in [2.45, 2.75) is 31.4 Å². The van der Waals surface area contributed by atoms with Crippen LogP contribution in [0, 0.1) is 27.7 Å².